The first-order valence-electron chi connectivity index (χ1n) is 9.04. The van der Waals surface area contributed by atoms with Crippen molar-refractivity contribution in [3.05, 3.63) is 90.3 Å². The average Bonchev–Trinajstić information content (AvgIpc) is 2.69. The van der Waals surface area contributed by atoms with Gasteiger partial charge in [0.15, 0.2) is 0 Å². The third kappa shape index (κ3) is 3.49. The van der Waals surface area contributed by atoms with E-state index < -0.39 is 0 Å². The van der Waals surface area contributed by atoms with Gasteiger partial charge in [0.05, 0.1) is 0 Å². The van der Waals surface area contributed by atoms with Crippen LogP contribution < -0.4 is 0 Å². The molecule has 0 N–H and O–H groups in total. The molecule has 0 saturated carbocycles. The lowest BCUT2D eigenvalue weighted by atomic mass is 9.89. The molecule has 4 rings (SSSR count). The second-order valence-electron chi connectivity index (χ2n) is 6.79. The van der Waals surface area contributed by atoms with Gasteiger partial charge in [-0.2, -0.15) is 0 Å². The number of aromatic nitrogens is 3. The van der Waals surface area contributed by atoms with Crippen LogP contribution in [0.1, 0.15) is 17.1 Å². The Kier molecular flexibility index (Phi) is 4.51. The molecule has 0 aliphatic rings. The van der Waals surface area contributed by atoms with Gasteiger partial charge < -0.3 is 0 Å². The van der Waals surface area contributed by atoms with Gasteiger partial charge in [-0.3, -0.25) is 15.0 Å². The number of hydrogen-bond donors (Lipinski definition) is 0. The van der Waals surface area contributed by atoms with Crippen molar-refractivity contribution in [2.75, 3.05) is 0 Å². The van der Waals surface area contributed by atoms with Crippen molar-refractivity contribution < 1.29 is 0 Å². The summed E-state index contributed by atoms with van der Waals surface area (Å²) in [6, 6.07) is 18.9. The van der Waals surface area contributed by atoms with Crippen molar-refractivity contribution >= 4 is 0 Å². The average molecular weight is 351 g/mol. The number of rotatable bonds is 3. The van der Waals surface area contributed by atoms with E-state index in [1.54, 1.807) is 0 Å². The van der Waals surface area contributed by atoms with Gasteiger partial charge in [0.2, 0.25) is 0 Å². The number of nitrogens with zero attached hydrogens (tertiary/aromatic N) is 3. The minimum Gasteiger partial charge on any atom is -0.261 e. The molecule has 3 heteroatoms. The molecule has 0 unspecified atom stereocenters. The fourth-order valence-electron chi connectivity index (χ4n) is 3.21. The molecule has 0 radical (unpaired) electrons. The minimum absolute atomic E-state index is 1.01. The van der Waals surface area contributed by atoms with E-state index >= 15 is 0 Å². The second-order valence-corrected chi connectivity index (χ2v) is 6.79. The zero-order valence-corrected chi connectivity index (χ0v) is 15.8. The summed E-state index contributed by atoms with van der Waals surface area (Å²) >= 11 is 0. The topological polar surface area (TPSA) is 38.7 Å². The first kappa shape index (κ1) is 17.1. The molecule has 0 amide bonds. The highest BCUT2D eigenvalue weighted by atomic mass is 14.7. The van der Waals surface area contributed by atoms with Crippen LogP contribution in [0.3, 0.4) is 0 Å². The van der Waals surface area contributed by atoms with Gasteiger partial charge in [-0.15, -0.1) is 0 Å². The highest BCUT2D eigenvalue weighted by Gasteiger charge is 2.14. The Hall–Kier alpha value is -3.33. The largest absolute Gasteiger partial charge is 0.261 e. The molecule has 3 nitrogen and oxygen atoms in total. The van der Waals surface area contributed by atoms with Gasteiger partial charge in [-0.1, -0.05) is 36.4 Å². The number of pyridine rings is 3. The quantitative estimate of drug-likeness (QED) is 0.468. The van der Waals surface area contributed by atoms with Crippen LogP contribution in [0.25, 0.3) is 33.4 Å². The molecule has 132 valence electrons. The summed E-state index contributed by atoms with van der Waals surface area (Å²) in [6.07, 6.45) is 5.82. The SMILES string of the molecule is Cc1ccc(-c2cccc(-c3ccc(C)nc3)c2-c2ccc(C)nc2)cn1. The van der Waals surface area contributed by atoms with Crippen molar-refractivity contribution in [1.29, 1.82) is 0 Å². The van der Waals surface area contributed by atoms with Gasteiger partial charge in [0, 0.05) is 52.4 Å². The van der Waals surface area contributed by atoms with Crippen LogP contribution in [-0.4, -0.2) is 15.0 Å². The first-order chi connectivity index (χ1) is 13.1. The van der Waals surface area contributed by atoms with E-state index in [-0.39, 0.29) is 0 Å². The summed E-state index contributed by atoms with van der Waals surface area (Å²) in [7, 11) is 0. The Morgan fingerprint density at radius 3 is 1.26 bits per heavy atom. The van der Waals surface area contributed by atoms with Crippen LogP contribution in [0.2, 0.25) is 0 Å². The number of hydrogen-bond acceptors (Lipinski definition) is 3. The Morgan fingerprint density at radius 2 is 0.889 bits per heavy atom. The number of aryl methyl sites for hydroxylation is 3. The highest BCUT2D eigenvalue weighted by Crippen LogP contribution is 2.39. The van der Waals surface area contributed by atoms with Gasteiger partial charge in [0.1, 0.15) is 0 Å². The Morgan fingerprint density at radius 1 is 0.481 bits per heavy atom. The maximum Gasteiger partial charge on any atom is 0.0373 e. The van der Waals surface area contributed by atoms with Crippen LogP contribution in [0.4, 0.5) is 0 Å². The smallest absolute Gasteiger partial charge is 0.0373 e. The summed E-state index contributed by atoms with van der Waals surface area (Å²) in [5.41, 5.74) is 9.75. The fourth-order valence-corrected chi connectivity index (χ4v) is 3.21. The van der Waals surface area contributed by atoms with Crippen LogP contribution in [0, 0.1) is 20.8 Å². The lowest BCUT2D eigenvalue weighted by Gasteiger charge is -2.16. The zero-order chi connectivity index (χ0) is 18.8. The van der Waals surface area contributed by atoms with Crippen molar-refractivity contribution in [3.8, 4) is 33.4 Å². The molecule has 4 aromatic rings. The van der Waals surface area contributed by atoms with Crippen molar-refractivity contribution in [3.63, 3.8) is 0 Å². The van der Waals surface area contributed by atoms with E-state index in [1.807, 2.05) is 51.5 Å². The summed E-state index contributed by atoms with van der Waals surface area (Å²) in [4.78, 5) is 13.5. The Balaban J connectivity index is 1.99. The third-order valence-corrected chi connectivity index (χ3v) is 4.71. The standard InChI is InChI=1S/C24H21N3/c1-16-7-10-19(13-25-16)22-5-4-6-23(20-11-8-17(2)26-14-20)24(22)21-12-9-18(3)27-15-21/h4-15H,1-3H3. The van der Waals surface area contributed by atoms with E-state index in [2.05, 4.69) is 57.4 Å². The monoisotopic (exact) mass is 351 g/mol. The minimum atomic E-state index is 1.01. The van der Waals surface area contributed by atoms with E-state index in [9.17, 15) is 0 Å². The van der Waals surface area contributed by atoms with Crippen LogP contribution in [0.15, 0.2) is 73.2 Å². The maximum absolute atomic E-state index is 4.52. The summed E-state index contributed by atoms with van der Waals surface area (Å²) < 4.78 is 0. The first-order valence-corrected chi connectivity index (χ1v) is 9.04. The molecule has 0 atom stereocenters. The summed E-state index contributed by atoms with van der Waals surface area (Å²) in [5.74, 6) is 0. The molecule has 0 saturated heterocycles. The van der Waals surface area contributed by atoms with Crippen molar-refractivity contribution in [2.24, 2.45) is 0 Å². The second kappa shape index (κ2) is 7.12. The molecular formula is C24H21N3. The third-order valence-electron chi connectivity index (χ3n) is 4.71. The zero-order valence-electron chi connectivity index (χ0n) is 15.8. The number of benzene rings is 1. The molecule has 0 bridgehead atoms. The van der Waals surface area contributed by atoms with Gasteiger partial charge >= 0.3 is 0 Å². The fraction of sp³-hybridized carbons (Fsp3) is 0.125. The molecule has 27 heavy (non-hydrogen) atoms. The molecule has 0 aliphatic carbocycles. The van der Waals surface area contributed by atoms with E-state index in [4.69, 9.17) is 0 Å². The van der Waals surface area contributed by atoms with Crippen molar-refractivity contribution in [1.82, 2.24) is 15.0 Å². The highest BCUT2D eigenvalue weighted by molar-refractivity contribution is 5.94. The predicted molar refractivity (Wildman–Crippen MR) is 110 cm³/mol. The van der Waals surface area contributed by atoms with Gasteiger partial charge in [-0.05, 0) is 55.7 Å². The van der Waals surface area contributed by atoms with E-state index in [0.29, 0.717) is 0 Å². The lowest BCUT2D eigenvalue weighted by Crippen LogP contribution is -1.93. The Bertz CT molecular complexity index is 1000. The van der Waals surface area contributed by atoms with Crippen LogP contribution >= 0.6 is 0 Å². The van der Waals surface area contributed by atoms with Gasteiger partial charge in [-0.25, -0.2) is 0 Å². The predicted octanol–water partition coefficient (Wildman–Crippen LogP) is 5.80. The molecule has 0 aliphatic heterocycles. The molecule has 1 aromatic carbocycles. The maximum atomic E-state index is 4.52. The molecular weight excluding hydrogens is 330 g/mol. The van der Waals surface area contributed by atoms with E-state index in [0.717, 1.165) is 50.5 Å². The molecule has 3 heterocycles. The van der Waals surface area contributed by atoms with Crippen LogP contribution in [-0.2, 0) is 0 Å². The summed E-state index contributed by atoms with van der Waals surface area (Å²) in [5, 5.41) is 0. The normalized spacial score (nSPS) is 10.8. The van der Waals surface area contributed by atoms with Crippen LogP contribution in [0.5, 0.6) is 0 Å². The molecule has 0 fully saturated rings. The van der Waals surface area contributed by atoms with E-state index in [1.165, 1.54) is 0 Å². The molecule has 0 spiro atoms. The lowest BCUT2D eigenvalue weighted by molar-refractivity contribution is 1.19. The van der Waals surface area contributed by atoms with Gasteiger partial charge in [0.25, 0.3) is 0 Å². The molecule has 3 aromatic heterocycles. The van der Waals surface area contributed by atoms with Crippen molar-refractivity contribution in [2.45, 2.75) is 20.8 Å². The summed E-state index contributed by atoms with van der Waals surface area (Å²) in [6.45, 7) is 6.01. The Labute approximate surface area is 159 Å².